The first-order valence-electron chi connectivity index (χ1n) is 6.00. The van der Waals surface area contributed by atoms with E-state index in [-0.39, 0.29) is 0 Å². The minimum absolute atomic E-state index is 0.732. The highest BCUT2D eigenvalue weighted by molar-refractivity contribution is 6.30. The van der Waals surface area contributed by atoms with Gasteiger partial charge >= 0.3 is 0 Å². The first-order valence-corrected chi connectivity index (χ1v) is 6.38. The topological polar surface area (TPSA) is 29.9 Å². The van der Waals surface area contributed by atoms with Gasteiger partial charge in [0.25, 0.3) is 0 Å². The van der Waals surface area contributed by atoms with Gasteiger partial charge in [0, 0.05) is 17.3 Å². The fourth-order valence-electron chi connectivity index (χ4n) is 2.03. The summed E-state index contributed by atoms with van der Waals surface area (Å²) in [5, 5.41) is 8.50. The van der Waals surface area contributed by atoms with Gasteiger partial charge in [-0.1, -0.05) is 17.7 Å². The Hall–Kier alpha value is -1.32. The lowest BCUT2D eigenvalue weighted by Gasteiger charge is -2.11. The molecular formula is C14H18ClN3. The SMILES string of the molecule is CNCc1ccc(Cl)cc1-n1nc(C)c(C)c1C. The molecule has 0 spiro atoms. The monoisotopic (exact) mass is 263 g/mol. The molecule has 4 heteroatoms. The van der Waals surface area contributed by atoms with Crippen LogP contribution < -0.4 is 5.32 Å². The molecular weight excluding hydrogens is 246 g/mol. The number of aryl methyl sites for hydroxylation is 1. The van der Waals surface area contributed by atoms with E-state index in [2.05, 4.69) is 24.3 Å². The highest BCUT2D eigenvalue weighted by Crippen LogP contribution is 2.23. The molecule has 0 atom stereocenters. The molecule has 2 rings (SSSR count). The molecule has 0 aliphatic carbocycles. The average molecular weight is 264 g/mol. The van der Waals surface area contributed by atoms with E-state index >= 15 is 0 Å². The first-order chi connectivity index (χ1) is 8.54. The van der Waals surface area contributed by atoms with Gasteiger partial charge in [0.15, 0.2) is 0 Å². The van der Waals surface area contributed by atoms with Crippen LogP contribution in [-0.2, 0) is 6.54 Å². The van der Waals surface area contributed by atoms with Crippen LogP contribution in [0.25, 0.3) is 5.69 Å². The molecule has 0 fully saturated rings. The van der Waals surface area contributed by atoms with Crippen LogP contribution in [0.2, 0.25) is 5.02 Å². The van der Waals surface area contributed by atoms with Crippen molar-refractivity contribution >= 4 is 11.6 Å². The number of benzene rings is 1. The van der Waals surface area contributed by atoms with Crippen LogP contribution in [0.1, 0.15) is 22.5 Å². The summed E-state index contributed by atoms with van der Waals surface area (Å²) in [6.45, 7) is 7.00. The predicted octanol–water partition coefficient (Wildman–Crippen LogP) is 3.17. The number of nitrogens with zero attached hydrogens (tertiary/aromatic N) is 2. The quantitative estimate of drug-likeness (QED) is 0.922. The summed E-state index contributed by atoms with van der Waals surface area (Å²) < 4.78 is 1.98. The molecule has 0 aliphatic rings. The molecule has 18 heavy (non-hydrogen) atoms. The van der Waals surface area contributed by atoms with Crippen molar-refractivity contribution in [3.8, 4) is 5.69 Å². The molecule has 2 aromatic rings. The first kappa shape index (κ1) is 13.1. The van der Waals surface area contributed by atoms with Crippen molar-refractivity contribution in [1.82, 2.24) is 15.1 Å². The zero-order valence-electron chi connectivity index (χ0n) is 11.2. The van der Waals surface area contributed by atoms with Crippen LogP contribution in [0.3, 0.4) is 0 Å². The van der Waals surface area contributed by atoms with E-state index in [0.717, 1.165) is 28.6 Å². The average Bonchev–Trinajstić information content (AvgIpc) is 2.60. The van der Waals surface area contributed by atoms with E-state index in [9.17, 15) is 0 Å². The van der Waals surface area contributed by atoms with Gasteiger partial charge in [-0.05, 0) is 51.1 Å². The molecule has 0 unspecified atom stereocenters. The Morgan fingerprint density at radius 2 is 2.00 bits per heavy atom. The molecule has 1 aromatic heterocycles. The normalized spacial score (nSPS) is 10.9. The third-order valence-electron chi connectivity index (χ3n) is 3.30. The molecule has 3 nitrogen and oxygen atoms in total. The molecule has 1 N–H and O–H groups in total. The number of rotatable bonds is 3. The van der Waals surface area contributed by atoms with E-state index in [1.807, 2.05) is 36.9 Å². The second-order valence-electron chi connectivity index (χ2n) is 4.51. The summed E-state index contributed by atoms with van der Waals surface area (Å²) in [7, 11) is 1.94. The second kappa shape index (κ2) is 5.12. The molecule has 0 saturated carbocycles. The fourth-order valence-corrected chi connectivity index (χ4v) is 2.20. The Morgan fingerprint density at radius 3 is 2.56 bits per heavy atom. The number of hydrogen-bond acceptors (Lipinski definition) is 2. The predicted molar refractivity (Wildman–Crippen MR) is 75.5 cm³/mol. The minimum Gasteiger partial charge on any atom is -0.316 e. The summed E-state index contributed by atoms with van der Waals surface area (Å²) >= 11 is 6.10. The zero-order chi connectivity index (χ0) is 13.3. The van der Waals surface area contributed by atoms with Gasteiger partial charge in [-0.25, -0.2) is 4.68 Å². The van der Waals surface area contributed by atoms with Crippen LogP contribution >= 0.6 is 11.6 Å². The van der Waals surface area contributed by atoms with Gasteiger partial charge in [0.05, 0.1) is 11.4 Å². The molecule has 0 bridgehead atoms. The number of nitrogens with one attached hydrogen (secondary N) is 1. The lowest BCUT2D eigenvalue weighted by Crippen LogP contribution is -2.10. The molecule has 0 aliphatic heterocycles. The molecule has 0 amide bonds. The molecule has 0 saturated heterocycles. The Labute approximate surface area is 113 Å². The maximum atomic E-state index is 6.10. The second-order valence-corrected chi connectivity index (χ2v) is 4.95. The van der Waals surface area contributed by atoms with Crippen molar-refractivity contribution in [3.63, 3.8) is 0 Å². The van der Waals surface area contributed by atoms with Gasteiger partial charge < -0.3 is 5.32 Å². The van der Waals surface area contributed by atoms with Crippen LogP contribution in [0.4, 0.5) is 0 Å². The lowest BCUT2D eigenvalue weighted by molar-refractivity contribution is 0.775. The Balaban J connectivity index is 2.61. The van der Waals surface area contributed by atoms with Gasteiger partial charge in [-0.2, -0.15) is 5.10 Å². The Morgan fingerprint density at radius 1 is 1.28 bits per heavy atom. The third-order valence-corrected chi connectivity index (χ3v) is 3.53. The summed E-state index contributed by atoms with van der Waals surface area (Å²) in [4.78, 5) is 0. The van der Waals surface area contributed by atoms with Gasteiger partial charge in [0.1, 0.15) is 0 Å². The van der Waals surface area contributed by atoms with Gasteiger partial charge in [-0.15, -0.1) is 0 Å². The highest BCUT2D eigenvalue weighted by atomic mass is 35.5. The highest BCUT2D eigenvalue weighted by Gasteiger charge is 2.12. The van der Waals surface area contributed by atoms with Crippen LogP contribution in [-0.4, -0.2) is 16.8 Å². The summed E-state index contributed by atoms with van der Waals surface area (Å²) in [5.74, 6) is 0. The number of hydrogen-bond donors (Lipinski definition) is 1. The fraction of sp³-hybridized carbons (Fsp3) is 0.357. The van der Waals surface area contributed by atoms with E-state index in [0.29, 0.717) is 0 Å². The van der Waals surface area contributed by atoms with Crippen molar-refractivity contribution in [3.05, 3.63) is 45.7 Å². The molecule has 1 aromatic carbocycles. The number of halogens is 1. The van der Waals surface area contributed by atoms with Crippen molar-refractivity contribution in [2.45, 2.75) is 27.3 Å². The van der Waals surface area contributed by atoms with Crippen LogP contribution in [0.5, 0.6) is 0 Å². The van der Waals surface area contributed by atoms with Gasteiger partial charge in [-0.3, -0.25) is 0 Å². The van der Waals surface area contributed by atoms with E-state index in [1.165, 1.54) is 11.1 Å². The maximum absolute atomic E-state index is 6.10. The van der Waals surface area contributed by atoms with Crippen LogP contribution in [0.15, 0.2) is 18.2 Å². The minimum atomic E-state index is 0.732. The summed E-state index contributed by atoms with van der Waals surface area (Å²) in [6.07, 6.45) is 0. The largest absolute Gasteiger partial charge is 0.316 e. The lowest BCUT2D eigenvalue weighted by atomic mass is 10.1. The smallest absolute Gasteiger partial charge is 0.0708 e. The summed E-state index contributed by atoms with van der Waals surface area (Å²) in [5.41, 5.74) is 5.68. The summed E-state index contributed by atoms with van der Waals surface area (Å²) in [6, 6.07) is 5.92. The maximum Gasteiger partial charge on any atom is 0.0708 e. The van der Waals surface area contributed by atoms with Crippen LogP contribution in [0, 0.1) is 20.8 Å². The third kappa shape index (κ3) is 2.28. The number of aromatic nitrogens is 2. The van der Waals surface area contributed by atoms with Crippen molar-refractivity contribution in [1.29, 1.82) is 0 Å². The van der Waals surface area contributed by atoms with Crippen molar-refractivity contribution < 1.29 is 0 Å². The van der Waals surface area contributed by atoms with E-state index in [1.54, 1.807) is 0 Å². The van der Waals surface area contributed by atoms with E-state index < -0.39 is 0 Å². The standard InChI is InChI=1S/C14H18ClN3/c1-9-10(2)17-18(11(9)3)14-7-13(15)6-5-12(14)8-16-4/h5-7,16H,8H2,1-4H3. The Kier molecular flexibility index (Phi) is 3.73. The molecule has 0 radical (unpaired) electrons. The zero-order valence-corrected chi connectivity index (χ0v) is 12.0. The van der Waals surface area contributed by atoms with Crippen molar-refractivity contribution in [2.24, 2.45) is 0 Å². The van der Waals surface area contributed by atoms with Crippen molar-refractivity contribution in [2.75, 3.05) is 7.05 Å². The molecule has 96 valence electrons. The van der Waals surface area contributed by atoms with E-state index in [4.69, 9.17) is 11.6 Å². The van der Waals surface area contributed by atoms with Gasteiger partial charge in [0.2, 0.25) is 0 Å². The Bertz CT molecular complexity index is 573. The molecule has 1 heterocycles.